The van der Waals surface area contributed by atoms with Gasteiger partial charge in [-0.1, -0.05) is 0 Å². The lowest BCUT2D eigenvalue weighted by molar-refractivity contribution is -0.132. The number of hydrogen-bond donors (Lipinski definition) is 0. The molecule has 2 aromatic heterocycles. The van der Waals surface area contributed by atoms with Crippen LogP contribution in [-0.4, -0.2) is 89.9 Å². The van der Waals surface area contributed by atoms with Gasteiger partial charge < -0.3 is 18.9 Å². The minimum atomic E-state index is 0.128. The van der Waals surface area contributed by atoms with Crippen LogP contribution in [-0.2, 0) is 22.7 Å². The Hall–Kier alpha value is -1.94. The lowest BCUT2D eigenvalue weighted by Crippen LogP contribution is -2.39. The van der Waals surface area contributed by atoms with E-state index in [4.69, 9.17) is 0 Å². The van der Waals surface area contributed by atoms with Gasteiger partial charge in [0.05, 0.1) is 6.33 Å². The van der Waals surface area contributed by atoms with Crippen molar-refractivity contribution in [2.75, 3.05) is 49.2 Å². The molecule has 29 heavy (non-hydrogen) atoms. The normalized spacial score (nSPS) is 17.5. The predicted octanol–water partition coefficient (Wildman–Crippen LogP) is 1.29. The highest BCUT2D eigenvalue weighted by molar-refractivity contribution is 7.99. The molecule has 8 nitrogen and oxygen atoms in total. The summed E-state index contributed by atoms with van der Waals surface area (Å²) in [6.45, 7) is 4.19. The van der Waals surface area contributed by atoms with Gasteiger partial charge >= 0.3 is 0 Å². The molecule has 4 heterocycles. The first-order valence-electron chi connectivity index (χ1n) is 9.95. The molecule has 0 aromatic carbocycles. The molecule has 0 aliphatic carbocycles. The van der Waals surface area contributed by atoms with E-state index >= 15 is 0 Å². The summed E-state index contributed by atoms with van der Waals surface area (Å²) < 4.78 is 3.78. The average Bonchev–Trinajstić information content (AvgIpc) is 3.42. The number of rotatable bonds is 6. The summed E-state index contributed by atoms with van der Waals surface area (Å²) in [7, 11) is 0. The van der Waals surface area contributed by atoms with Crippen LogP contribution in [0, 0.1) is 0 Å². The Morgan fingerprint density at radius 3 is 2.28 bits per heavy atom. The molecule has 2 aromatic rings. The minimum absolute atomic E-state index is 0.128. The van der Waals surface area contributed by atoms with Gasteiger partial charge in [0.15, 0.2) is 5.82 Å². The lowest BCUT2D eigenvalue weighted by Gasteiger charge is -2.26. The fourth-order valence-corrected chi connectivity index (χ4v) is 5.35. The summed E-state index contributed by atoms with van der Waals surface area (Å²) in [5, 5.41) is 0. The van der Waals surface area contributed by atoms with Crippen molar-refractivity contribution in [3.8, 4) is 11.5 Å². The van der Waals surface area contributed by atoms with E-state index in [9.17, 15) is 9.59 Å². The zero-order valence-corrected chi connectivity index (χ0v) is 18.0. The summed E-state index contributed by atoms with van der Waals surface area (Å²) in [5.74, 6) is 5.11. The lowest BCUT2D eigenvalue weighted by atomic mass is 10.3. The molecule has 2 amide bonds. The van der Waals surface area contributed by atoms with Crippen LogP contribution in [0.3, 0.4) is 0 Å². The predicted molar refractivity (Wildman–Crippen MR) is 116 cm³/mol. The van der Waals surface area contributed by atoms with Gasteiger partial charge in [-0.05, 0) is 0 Å². The van der Waals surface area contributed by atoms with Gasteiger partial charge in [-0.15, -0.1) is 0 Å². The second-order valence-corrected chi connectivity index (χ2v) is 9.56. The molecule has 0 radical (unpaired) electrons. The van der Waals surface area contributed by atoms with E-state index in [1.807, 2.05) is 54.9 Å². The van der Waals surface area contributed by atoms with Crippen molar-refractivity contribution in [3.63, 3.8) is 0 Å². The summed E-state index contributed by atoms with van der Waals surface area (Å²) in [4.78, 5) is 37.6. The van der Waals surface area contributed by atoms with Gasteiger partial charge in [-0.3, -0.25) is 9.59 Å². The van der Waals surface area contributed by atoms with E-state index in [2.05, 4.69) is 9.97 Å². The first-order valence-corrected chi connectivity index (χ1v) is 12.3. The largest absolute Gasteiger partial charge is 0.341 e. The quantitative estimate of drug-likeness (QED) is 0.682. The van der Waals surface area contributed by atoms with Crippen molar-refractivity contribution in [2.45, 2.75) is 19.5 Å². The fourth-order valence-electron chi connectivity index (χ4n) is 3.54. The number of thioether (sulfide) groups is 2. The molecule has 2 aliphatic heterocycles. The highest BCUT2D eigenvalue weighted by atomic mass is 32.2. The Bertz CT molecular complexity index is 839. The molecule has 2 fully saturated rings. The maximum absolute atomic E-state index is 12.5. The standard InChI is InChI=1S/C19H26N6O2S2/c26-17(23-5-9-28-10-6-23)1-3-25-4-2-20-19(25)16-13-22(15-21-16)14-18(27)24-7-11-29-12-8-24/h2,4,13,15H,1,3,5-12,14H2. The number of amides is 2. The Morgan fingerprint density at radius 2 is 1.59 bits per heavy atom. The number of imidazole rings is 2. The Balaban J connectivity index is 1.35. The van der Waals surface area contributed by atoms with E-state index in [-0.39, 0.29) is 11.8 Å². The van der Waals surface area contributed by atoms with Gasteiger partial charge in [0, 0.05) is 80.7 Å². The van der Waals surface area contributed by atoms with Crippen molar-refractivity contribution in [3.05, 3.63) is 24.9 Å². The third kappa shape index (κ3) is 5.16. The number of hydrogen-bond acceptors (Lipinski definition) is 6. The molecule has 156 valence electrons. The highest BCUT2D eigenvalue weighted by Gasteiger charge is 2.19. The highest BCUT2D eigenvalue weighted by Crippen LogP contribution is 2.17. The first-order chi connectivity index (χ1) is 14.2. The molecule has 0 spiro atoms. The van der Waals surface area contributed by atoms with Gasteiger partial charge in [-0.2, -0.15) is 23.5 Å². The molecule has 10 heteroatoms. The van der Waals surface area contributed by atoms with Crippen LogP contribution in [0.5, 0.6) is 0 Å². The molecule has 0 unspecified atom stereocenters. The van der Waals surface area contributed by atoms with Crippen LogP contribution in [0.25, 0.3) is 11.5 Å². The fraction of sp³-hybridized carbons (Fsp3) is 0.579. The Morgan fingerprint density at radius 1 is 0.931 bits per heavy atom. The zero-order valence-electron chi connectivity index (χ0n) is 16.4. The number of aryl methyl sites for hydroxylation is 1. The Kier molecular flexibility index (Phi) is 6.81. The van der Waals surface area contributed by atoms with Crippen LogP contribution in [0.2, 0.25) is 0 Å². The van der Waals surface area contributed by atoms with Crippen LogP contribution < -0.4 is 0 Å². The summed E-state index contributed by atoms with van der Waals surface area (Å²) >= 11 is 3.79. The monoisotopic (exact) mass is 434 g/mol. The van der Waals surface area contributed by atoms with Crippen LogP contribution in [0.1, 0.15) is 6.42 Å². The zero-order chi connectivity index (χ0) is 20.1. The SMILES string of the molecule is O=C(CCn1ccnc1-c1cn(CC(=O)N2CCSCC2)cn1)N1CCSCC1. The van der Waals surface area contributed by atoms with Crippen molar-refractivity contribution in [2.24, 2.45) is 0 Å². The Labute approximate surface area is 179 Å². The van der Waals surface area contributed by atoms with E-state index in [0.717, 1.165) is 60.7 Å². The van der Waals surface area contributed by atoms with Crippen molar-refractivity contribution < 1.29 is 9.59 Å². The van der Waals surface area contributed by atoms with E-state index < -0.39 is 0 Å². The number of nitrogens with zero attached hydrogens (tertiary/aromatic N) is 6. The summed E-state index contributed by atoms with van der Waals surface area (Å²) in [6.07, 6.45) is 7.61. The first kappa shape index (κ1) is 20.3. The molecular formula is C19H26N6O2S2. The number of aromatic nitrogens is 4. The van der Waals surface area contributed by atoms with Gasteiger partial charge in [0.25, 0.3) is 0 Å². The van der Waals surface area contributed by atoms with Crippen molar-refractivity contribution in [1.29, 1.82) is 0 Å². The van der Waals surface area contributed by atoms with Gasteiger partial charge in [0.1, 0.15) is 12.2 Å². The molecule has 2 saturated heterocycles. The molecule has 4 rings (SSSR count). The van der Waals surface area contributed by atoms with Crippen LogP contribution in [0.4, 0.5) is 0 Å². The topological polar surface area (TPSA) is 76.3 Å². The third-order valence-corrected chi connectivity index (χ3v) is 7.07. The van der Waals surface area contributed by atoms with E-state index in [1.54, 1.807) is 12.5 Å². The molecular weight excluding hydrogens is 408 g/mol. The maximum atomic E-state index is 12.5. The molecule has 0 bridgehead atoms. The second-order valence-electron chi connectivity index (χ2n) is 7.11. The van der Waals surface area contributed by atoms with Gasteiger partial charge in [-0.25, -0.2) is 9.97 Å². The molecule has 0 N–H and O–H groups in total. The number of carbonyl (C=O) groups excluding carboxylic acids is 2. The van der Waals surface area contributed by atoms with Crippen LogP contribution >= 0.6 is 23.5 Å². The maximum Gasteiger partial charge on any atom is 0.242 e. The second kappa shape index (κ2) is 9.71. The average molecular weight is 435 g/mol. The van der Waals surface area contributed by atoms with Crippen LogP contribution in [0.15, 0.2) is 24.9 Å². The van der Waals surface area contributed by atoms with Crippen molar-refractivity contribution >= 4 is 35.3 Å². The third-order valence-electron chi connectivity index (χ3n) is 5.19. The minimum Gasteiger partial charge on any atom is -0.341 e. The number of carbonyl (C=O) groups is 2. The molecule has 2 aliphatic rings. The van der Waals surface area contributed by atoms with E-state index in [0.29, 0.717) is 19.5 Å². The molecule has 0 atom stereocenters. The molecule has 0 saturated carbocycles. The smallest absolute Gasteiger partial charge is 0.242 e. The van der Waals surface area contributed by atoms with E-state index in [1.165, 1.54) is 0 Å². The van der Waals surface area contributed by atoms with Gasteiger partial charge in [0.2, 0.25) is 11.8 Å². The van der Waals surface area contributed by atoms with Crippen molar-refractivity contribution in [1.82, 2.24) is 28.9 Å². The summed E-state index contributed by atoms with van der Waals surface area (Å²) in [5.41, 5.74) is 0.721. The summed E-state index contributed by atoms with van der Waals surface area (Å²) in [6, 6.07) is 0.